The second-order valence-corrected chi connectivity index (χ2v) is 5.84. The quantitative estimate of drug-likeness (QED) is 0.499. The Balaban J connectivity index is 2.51. The number of fused-ring (bicyclic) bond motifs is 2. The zero-order valence-corrected chi connectivity index (χ0v) is 11.5. The number of carbonyl (C=O) groups is 1. The maximum Gasteiger partial charge on any atom is 0.336 e. The second-order valence-electron chi connectivity index (χ2n) is 5.84. The molecule has 0 saturated heterocycles. The minimum Gasteiger partial charge on any atom is -0.463 e. The van der Waals surface area contributed by atoms with Crippen LogP contribution >= 0.6 is 0 Å². The van der Waals surface area contributed by atoms with Gasteiger partial charge in [0.25, 0.3) is 0 Å². The lowest BCUT2D eigenvalue weighted by Gasteiger charge is -2.17. The molecule has 0 saturated carbocycles. The monoisotopic (exact) mass is 270 g/mol. The smallest absolute Gasteiger partial charge is 0.336 e. The molecule has 4 nitrogen and oxygen atoms in total. The summed E-state index contributed by atoms with van der Waals surface area (Å²) in [6, 6.07) is 6.64. The van der Waals surface area contributed by atoms with Crippen LogP contribution in [0.1, 0.15) is 31.1 Å². The number of benzene rings is 1. The van der Waals surface area contributed by atoms with E-state index in [0.29, 0.717) is 22.1 Å². The Morgan fingerprint density at radius 2 is 1.75 bits per heavy atom. The van der Waals surface area contributed by atoms with Gasteiger partial charge in [-0.2, -0.15) is 0 Å². The van der Waals surface area contributed by atoms with Crippen LogP contribution < -0.4 is 5.63 Å². The van der Waals surface area contributed by atoms with E-state index in [1.54, 1.807) is 12.1 Å². The minimum absolute atomic E-state index is 0.114. The van der Waals surface area contributed by atoms with Crippen molar-refractivity contribution >= 4 is 27.7 Å². The van der Waals surface area contributed by atoms with E-state index in [1.165, 1.54) is 12.3 Å². The molecule has 0 aliphatic rings. The first-order chi connectivity index (χ1) is 9.38. The molecule has 0 fully saturated rings. The third kappa shape index (κ3) is 1.84. The van der Waals surface area contributed by atoms with Crippen LogP contribution in [0.5, 0.6) is 0 Å². The van der Waals surface area contributed by atoms with Crippen LogP contribution in [0.25, 0.3) is 21.9 Å². The van der Waals surface area contributed by atoms with Gasteiger partial charge < -0.3 is 8.83 Å². The van der Waals surface area contributed by atoms with Crippen molar-refractivity contribution in [2.45, 2.75) is 20.8 Å². The van der Waals surface area contributed by atoms with E-state index < -0.39 is 11.0 Å². The number of carbonyl (C=O) groups excluding carboxylic acids is 1. The van der Waals surface area contributed by atoms with Crippen molar-refractivity contribution < 1.29 is 13.6 Å². The molecule has 0 spiro atoms. The fraction of sp³-hybridized carbons (Fsp3) is 0.250. The predicted molar refractivity (Wildman–Crippen MR) is 76.0 cm³/mol. The second kappa shape index (κ2) is 4.07. The van der Waals surface area contributed by atoms with Crippen molar-refractivity contribution in [2.24, 2.45) is 5.41 Å². The standard InChI is InChI=1S/C16H14O4/c1-16(2,3)15(18)12-13-10(6-7-19-13)8-9-4-5-11(17)20-14(9)12/h4-8H,1-3H3. The van der Waals surface area contributed by atoms with Crippen molar-refractivity contribution in [3.63, 3.8) is 0 Å². The molecular weight excluding hydrogens is 256 g/mol. The Morgan fingerprint density at radius 1 is 1.05 bits per heavy atom. The van der Waals surface area contributed by atoms with Crippen LogP contribution in [0.4, 0.5) is 0 Å². The summed E-state index contributed by atoms with van der Waals surface area (Å²) in [4.78, 5) is 24.2. The zero-order valence-electron chi connectivity index (χ0n) is 11.5. The van der Waals surface area contributed by atoms with Crippen LogP contribution in [0.3, 0.4) is 0 Å². The normalized spacial score (nSPS) is 12.2. The van der Waals surface area contributed by atoms with E-state index >= 15 is 0 Å². The molecule has 0 unspecified atom stereocenters. The number of hydrogen-bond acceptors (Lipinski definition) is 4. The number of Topliss-reactive ketones (excluding diaryl/α,β-unsaturated/α-hetero) is 1. The lowest BCUT2D eigenvalue weighted by molar-refractivity contribution is 0.0859. The van der Waals surface area contributed by atoms with Gasteiger partial charge in [-0.15, -0.1) is 0 Å². The molecule has 0 bridgehead atoms. The highest BCUT2D eigenvalue weighted by Crippen LogP contribution is 2.33. The van der Waals surface area contributed by atoms with Gasteiger partial charge in [0.05, 0.1) is 6.26 Å². The van der Waals surface area contributed by atoms with Crippen molar-refractivity contribution in [1.82, 2.24) is 0 Å². The van der Waals surface area contributed by atoms with Crippen LogP contribution in [0.15, 0.2) is 44.2 Å². The van der Waals surface area contributed by atoms with Gasteiger partial charge in [0.15, 0.2) is 11.4 Å². The molecule has 0 aliphatic carbocycles. The maximum absolute atomic E-state index is 12.7. The fourth-order valence-corrected chi connectivity index (χ4v) is 2.22. The lowest BCUT2D eigenvalue weighted by atomic mass is 9.85. The van der Waals surface area contributed by atoms with Gasteiger partial charge in [-0.25, -0.2) is 4.79 Å². The highest BCUT2D eigenvalue weighted by atomic mass is 16.4. The van der Waals surface area contributed by atoms with Crippen molar-refractivity contribution in [1.29, 1.82) is 0 Å². The first-order valence-electron chi connectivity index (χ1n) is 6.37. The highest BCUT2D eigenvalue weighted by molar-refractivity contribution is 6.17. The molecule has 0 N–H and O–H groups in total. The van der Waals surface area contributed by atoms with E-state index in [4.69, 9.17) is 8.83 Å². The van der Waals surface area contributed by atoms with E-state index in [0.717, 1.165) is 5.39 Å². The van der Waals surface area contributed by atoms with Crippen LogP contribution in [0.2, 0.25) is 0 Å². The van der Waals surface area contributed by atoms with E-state index in [2.05, 4.69) is 0 Å². The van der Waals surface area contributed by atoms with Crippen molar-refractivity contribution in [3.05, 3.63) is 46.5 Å². The van der Waals surface area contributed by atoms with E-state index in [-0.39, 0.29) is 5.78 Å². The molecule has 3 aromatic rings. The first-order valence-corrected chi connectivity index (χ1v) is 6.37. The summed E-state index contributed by atoms with van der Waals surface area (Å²) < 4.78 is 10.7. The summed E-state index contributed by atoms with van der Waals surface area (Å²) in [6.07, 6.45) is 1.53. The van der Waals surface area contributed by atoms with Gasteiger partial charge in [0, 0.05) is 22.3 Å². The molecule has 1 aromatic carbocycles. The summed E-state index contributed by atoms with van der Waals surface area (Å²) >= 11 is 0. The Labute approximate surface area is 115 Å². The molecule has 0 amide bonds. The van der Waals surface area contributed by atoms with Gasteiger partial charge in [0.1, 0.15) is 11.1 Å². The highest BCUT2D eigenvalue weighted by Gasteiger charge is 2.29. The molecule has 3 rings (SSSR count). The van der Waals surface area contributed by atoms with E-state index in [1.807, 2.05) is 26.8 Å². The van der Waals surface area contributed by atoms with E-state index in [9.17, 15) is 9.59 Å². The summed E-state index contributed by atoms with van der Waals surface area (Å²) in [7, 11) is 0. The summed E-state index contributed by atoms with van der Waals surface area (Å²) in [5, 5.41) is 1.53. The molecule has 0 aliphatic heterocycles. The number of ketones is 1. The fourth-order valence-electron chi connectivity index (χ4n) is 2.22. The summed E-state index contributed by atoms with van der Waals surface area (Å²) in [5.74, 6) is -0.114. The molecule has 0 radical (unpaired) electrons. The molecule has 0 atom stereocenters. The number of furan rings is 1. The van der Waals surface area contributed by atoms with Gasteiger partial charge in [-0.1, -0.05) is 20.8 Å². The summed E-state index contributed by atoms with van der Waals surface area (Å²) in [5.41, 5.74) is 0.0216. The van der Waals surface area contributed by atoms with Gasteiger partial charge in [0.2, 0.25) is 0 Å². The average molecular weight is 270 g/mol. The predicted octanol–water partition coefficient (Wildman–Crippen LogP) is 3.77. The minimum atomic E-state index is -0.595. The van der Waals surface area contributed by atoms with Crippen molar-refractivity contribution in [3.8, 4) is 0 Å². The number of rotatable bonds is 1. The molecule has 2 heterocycles. The van der Waals surface area contributed by atoms with Gasteiger partial charge >= 0.3 is 5.63 Å². The molecule has 20 heavy (non-hydrogen) atoms. The topological polar surface area (TPSA) is 60.4 Å². The molecule has 2 aromatic heterocycles. The lowest BCUT2D eigenvalue weighted by Crippen LogP contribution is -2.21. The Bertz CT molecular complexity index is 875. The largest absolute Gasteiger partial charge is 0.463 e. The van der Waals surface area contributed by atoms with Crippen LogP contribution in [0, 0.1) is 5.41 Å². The Morgan fingerprint density at radius 3 is 2.45 bits per heavy atom. The van der Waals surface area contributed by atoms with Crippen LogP contribution in [-0.4, -0.2) is 5.78 Å². The Kier molecular flexibility index (Phi) is 2.57. The molecule has 4 heteroatoms. The first kappa shape index (κ1) is 12.7. The van der Waals surface area contributed by atoms with Gasteiger partial charge in [-0.05, 0) is 18.2 Å². The third-order valence-corrected chi connectivity index (χ3v) is 3.23. The molecule has 102 valence electrons. The number of hydrogen-bond donors (Lipinski definition) is 0. The zero-order chi connectivity index (χ0) is 14.5. The average Bonchev–Trinajstić information content (AvgIpc) is 2.81. The van der Waals surface area contributed by atoms with Crippen molar-refractivity contribution in [2.75, 3.05) is 0 Å². The SMILES string of the molecule is CC(C)(C)C(=O)c1c2occc2cc2ccc(=O)oc12. The summed E-state index contributed by atoms with van der Waals surface area (Å²) in [6.45, 7) is 5.47. The maximum atomic E-state index is 12.7. The van der Waals surface area contributed by atoms with Gasteiger partial charge in [-0.3, -0.25) is 4.79 Å². The van der Waals surface area contributed by atoms with Crippen LogP contribution in [-0.2, 0) is 0 Å². The third-order valence-electron chi connectivity index (χ3n) is 3.23. The molecular formula is C16H14O4. The Hall–Kier alpha value is -2.36.